The average molecular weight is 443 g/mol. The Morgan fingerprint density at radius 1 is 1.38 bits per heavy atom. The van der Waals surface area contributed by atoms with Crippen molar-refractivity contribution in [3.05, 3.63) is 32.4 Å². The Balaban J connectivity index is 2.39. The number of hydrogen-bond acceptors (Lipinski definition) is 6. The molecule has 0 aliphatic heterocycles. The highest BCUT2D eigenvalue weighted by atomic mass is 79.9. The van der Waals surface area contributed by atoms with Crippen LogP contribution in [0, 0.1) is 6.92 Å². The van der Waals surface area contributed by atoms with Gasteiger partial charge >= 0.3 is 5.97 Å². The Labute approximate surface area is 162 Å². The number of nitrogens with one attached hydrogen (secondary N) is 1. The zero-order valence-electron chi connectivity index (χ0n) is 14.6. The minimum atomic E-state index is -0.672. The monoisotopic (exact) mass is 442 g/mol. The number of hydrogen-bond donors (Lipinski definition) is 2. The number of nitrogens with zero attached hydrogens (tertiary/aromatic N) is 2. The smallest absolute Gasteiger partial charge is 0.341 e. The lowest BCUT2D eigenvalue weighted by Crippen LogP contribution is -2.16. The standard InChI is InChI=1S/C16H19BrN4O4S/c1-4-6-25-16(24)10-8(3)12(13(18)22)26-15(10)19-14(23)11-9(17)7-21(5-2)20-11/h7H,4-6H2,1-3H3,(H2,18,22)(H,19,23). The van der Waals surface area contributed by atoms with Crippen LogP contribution in [0.1, 0.15) is 56.3 Å². The van der Waals surface area contributed by atoms with E-state index in [9.17, 15) is 14.4 Å². The summed E-state index contributed by atoms with van der Waals surface area (Å²) in [6, 6.07) is 0. The van der Waals surface area contributed by atoms with E-state index in [1.165, 1.54) is 0 Å². The minimum absolute atomic E-state index is 0.136. The zero-order chi connectivity index (χ0) is 19.4. The molecule has 2 amide bonds. The van der Waals surface area contributed by atoms with E-state index in [4.69, 9.17) is 10.5 Å². The van der Waals surface area contributed by atoms with Gasteiger partial charge in [-0.05, 0) is 41.8 Å². The van der Waals surface area contributed by atoms with Crippen molar-refractivity contribution in [1.82, 2.24) is 9.78 Å². The first kappa shape index (κ1) is 20.1. The van der Waals surface area contributed by atoms with Crippen LogP contribution in [-0.4, -0.2) is 34.2 Å². The van der Waals surface area contributed by atoms with Gasteiger partial charge in [-0.1, -0.05) is 6.92 Å². The third-order valence-electron chi connectivity index (χ3n) is 3.50. The molecule has 0 saturated carbocycles. The van der Waals surface area contributed by atoms with Crippen LogP contribution in [-0.2, 0) is 11.3 Å². The molecule has 10 heteroatoms. The van der Waals surface area contributed by atoms with Crippen LogP contribution in [0.5, 0.6) is 0 Å². The molecule has 0 spiro atoms. The Hall–Kier alpha value is -2.20. The first-order valence-corrected chi connectivity index (χ1v) is 9.55. The van der Waals surface area contributed by atoms with Crippen molar-refractivity contribution in [3.63, 3.8) is 0 Å². The molecule has 0 fully saturated rings. The van der Waals surface area contributed by atoms with Gasteiger partial charge in [0, 0.05) is 12.7 Å². The van der Waals surface area contributed by atoms with Crippen LogP contribution in [0.25, 0.3) is 0 Å². The zero-order valence-corrected chi connectivity index (χ0v) is 17.0. The second-order valence-corrected chi connectivity index (χ2v) is 7.27. The number of rotatable bonds is 7. The van der Waals surface area contributed by atoms with Gasteiger partial charge in [0.15, 0.2) is 5.69 Å². The number of thiophene rings is 1. The van der Waals surface area contributed by atoms with Crippen molar-refractivity contribution in [2.45, 2.75) is 33.7 Å². The van der Waals surface area contributed by atoms with Gasteiger partial charge in [-0.15, -0.1) is 11.3 Å². The third kappa shape index (κ3) is 4.13. The molecular formula is C16H19BrN4O4S. The predicted molar refractivity (Wildman–Crippen MR) is 102 cm³/mol. The number of nitrogens with two attached hydrogens (primary N) is 1. The van der Waals surface area contributed by atoms with E-state index in [0.29, 0.717) is 23.0 Å². The van der Waals surface area contributed by atoms with Crippen molar-refractivity contribution in [2.24, 2.45) is 5.73 Å². The highest BCUT2D eigenvalue weighted by Crippen LogP contribution is 2.34. The fourth-order valence-electron chi connectivity index (χ4n) is 2.22. The van der Waals surface area contributed by atoms with Crippen molar-refractivity contribution in [1.29, 1.82) is 0 Å². The van der Waals surface area contributed by atoms with Gasteiger partial charge in [-0.25, -0.2) is 4.79 Å². The molecule has 0 radical (unpaired) electrons. The average Bonchev–Trinajstić information content (AvgIpc) is 3.12. The van der Waals surface area contributed by atoms with Gasteiger partial charge in [-0.3, -0.25) is 14.3 Å². The van der Waals surface area contributed by atoms with Crippen molar-refractivity contribution < 1.29 is 19.1 Å². The Morgan fingerprint density at radius 3 is 2.62 bits per heavy atom. The summed E-state index contributed by atoms with van der Waals surface area (Å²) in [5.41, 5.74) is 6.06. The maximum Gasteiger partial charge on any atom is 0.341 e. The lowest BCUT2D eigenvalue weighted by molar-refractivity contribution is 0.0506. The van der Waals surface area contributed by atoms with E-state index in [2.05, 4.69) is 26.3 Å². The van der Waals surface area contributed by atoms with Crippen LogP contribution >= 0.6 is 27.3 Å². The first-order chi connectivity index (χ1) is 12.3. The highest BCUT2D eigenvalue weighted by molar-refractivity contribution is 9.10. The summed E-state index contributed by atoms with van der Waals surface area (Å²) in [5.74, 6) is -1.79. The molecule has 0 aliphatic rings. The molecule has 2 aromatic heterocycles. The number of carbonyl (C=O) groups is 3. The van der Waals surface area contributed by atoms with Gasteiger partial charge in [0.2, 0.25) is 0 Å². The number of primary amides is 1. The van der Waals surface area contributed by atoms with Crippen molar-refractivity contribution in [2.75, 3.05) is 11.9 Å². The SMILES string of the molecule is CCCOC(=O)c1c(NC(=O)c2nn(CC)cc2Br)sc(C(N)=O)c1C. The molecule has 2 heterocycles. The molecule has 0 aliphatic carbocycles. The van der Waals surface area contributed by atoms with Gasteiger partial charge in [0.05, 0.1) is 21.5 Å². The van der Waals surface area contributed by atoms with Gasteiger partial charge in [0.25, 0.3) is 11.8 Å². The van der Waals surface area contributed by atoms with Gasteiger partial charge in [0.1, 0.15) is 5.00 Å². The molecule has 140 valence electrons. The van der Waals surface area contributed by atoms with Crippen LogP contribution in [0.4, 0.5) is 5.00 Å². The van der Waals surface area contributed by atoms with E-state index in [1.54, 1.807) is 17.8 Å². The number of halogens is 1. The maximum absolute atomic E-state index is 12.6. The molecule has 8 nitrogen and oxygen atoms in total. The number of aromatic nitrogens is 2. The third-order valence-corrected chi connectivity index (χ3v) is 5.30. The molecule has 2 rings (SSSR count). The minimum Gasteiger partial charge on any atom is -0.462 e. The van der Waals surface area contributed by atoms with E-state index < -0.39 is 17.8 Å². The molecule has 0 atom stereocenters. The molecule has 26 heavy (non-hydrogen) atoms. The highest BCUT2D eigenvalue weighted by Gasteiger charge is 2.27. The normalized spacial score (nSPS) is 10.6. The number of anilines is 1. The Bertz CT molecular complexity index is 859. The summed E-state index contributed by atoms with van der Waals surface area (Å²) >= 11 is 4.23. The maximum atomic E-state index is 12.6. The lowest BCUT2D eigenvalue weighted by Gasteiger charge is -2.07. The number of carbonyl (C=O) groups excluding carboxylic acids is 3. The summed E-state index contributed by atoms with van der Waals surface area (Å²) < 4.78 is 7.28. The second kappa shape index (κ2) is 8.45. The molecule has 0 aromatic carbocycles. The van der Waals surface area contributed by atoms with E-state index in [0.717, 1.165) is 11.3 Å². The Morgan fingerprint density at radius 2 is 2.08 bits per heavy atom. The Kier molecular flexibility index (Phi) is 6.54. The quantitative estimate of drug-likeness (QED) is 0.639. The number of esters is 1. The molecule has 0 bridgehead atoms. The van der Waals surface area contributed by atoms with Crippen LogP contribution in [0.3, 0.4) is 0 Å². The fourth-order valence-corrected chi connectivity index (χ4v) is 3.76. The second-order valence-electron chi connectivity index (χ2n) is 5.40. The van der Waals surface area contributed by atoms with Gasteiger partial charge in [-0.2, -0.15) is 5.10 Å². The topological polar surface area (TPSA) is 116 Å². The molecular weight excluding hydrogens is 424 g/mol. The summed E-state index contributed by atoms with van der Waals surface area (Å²) in [6.07, 6.45) is 2.33. The van der Waals surface area contributed by atoms with Crippen LogP contribution in [0.15, 0.2) is 10.7 Å². The summed E-state index contributed by atoms with van der Waals surface area (Å²) in [4.78, 5) is 36.8. The van der Waals surface area contributed by atoms with E-state index >= 15 is 0 Å². The summed E-state index contributed by atoms with van der Waals surface area (Å²) in [6.45, 7) is 6.19. The van der Waals surface area contributed by atoms with Crippen LogP contribution < -0.4 is 11.1 Å². The number of amides is 2. The number of aryl methyl sites for hydroxylation is 1. The fraction of sp³-hybridized carbons (Fsp3) is 0.375. The molecule has 0 unspecified atom stereocenters. The first-order valence-electron chi connectivity index (χ1n) is 7.94. The molecule has 0 saturated heterocycles. The van der Waals surface area contributed by atoms with E-state index in [-0.39, 0.29) is 27.7 Å². The predicted octanol–water partition coefficient (Wildman–Crippen LogP) is 2.95. The molecule has 3 N–H and O–H groups in total. The van der Waals surface area contributed by atoms with Crippen molar-refractivity contribution in [3.8, 4) is 0 Å². The largest absolute Gasteiger partial charge is 0.462 e. The van der Waals surface area contributed by atoms with Crippen molar-refractivity contribution >= 4 is 50.1 Å². The van der Waals surface area contributed by atoms with Crippen LogP contribution in [0.2, 0.25) is 0 Å². The molecule has 2 aromatic rings. The summed E-state index contributed by atoms with van der Waals surface area (Å²) in [5, 5.41) is 7.02. The lowest BCUT2D eigenvalue weighted by atomic mass is 10.1. The number of ether oxygens (including phenoxy) is 1. The summed E-state index contributed by atoms with van der Waals surface area (Å²) in [7, 11) is 0. The van der Waals surface area contributed by atoms with E-state index in [1.807, 2.05) is 13.8 Å². The van der Waals surface area contributed by atoms with Gasteiger partial charge < -0.3 is 15.8 Å².